The van der Waals surface area contributed by atoms with E-state index in [1.807, 2.05) is 29.1 Å². The van der Waals surface area contributed by atoms with Gasteiger partial charge in [0.05, 0.1) is 21.6 Å². The van der Waals surface area contributed by atoms with E-state index in [2.05, 4.69) is 11.1 Å². The third kappa shape index (κ3) is 2.56. The number of amides is 1. The Balaban J connectivity index is 1.65. The zero-order valence-electron chi connectivity index (χ0n) is 14.6. The number of thiophene rings is 1. The lowest BCUT2D eigenvalue weighted by Gasteiger charge is -2.27. The van der Waals surface area contributed by atoms with Crippen molar-refractivity contribution in [1.82, 2.24) is 4.98 Å². The van der Waals surface area contributed by atoms with Crippen molar-refractivity contribution in [3.8, 4) is 11.1 Å². The molecule has 2 bridgehead atoms. The van der Waals surface area contributed by atoms with Crippen molar-refractivity contribution in [1.29, 1.82) is 0 Å². The average Bonchev–Trinajstić information content (AvgIpc) is 3.31. The molecule has 0 radical (unpaired) electrons. The van der Waals surface area contributed by atoms with Crippen LogP contribution in [-0.4, -0.2) is 29.8 Å². The molecule has 4 heterocycles. The molecule has 0 spiro atoms. The summed E-state index contributed by atoms with van der Waals surface area (Å²) in [6.07, 6.45) is 4.83. The molecule has 5 nitrogen and oxygen atoms in total. The Morgan fingerprint density at radius 3 is 2.52 bits per heavy atom. The van der Waals surface area contributed by atoms with Crippen LogP contribution >= 0.6 is 11.3 Å². The first-order valence-corrected chi connectivity index (χ1v) is 11.7. The predicted octanol–water partition coefficient (Wildman–Crippen LogP) is 3.82. The van der Waals surface area contributed by atoms with Gasteiger partial charge in [-0.2, -0.15) is 11.3 Å². The summed E-state index contributed by atoms with van der Waals surface area (Å²) in [5.74, 6) is -0.269. The molecule has 140 valence electrons. The van der Waals surface area contributed by atoms with Crippen LogP contribution in [0.25, 0.3) is 22.0 Å². The van der Waals surface area contributed by atoms with Crippen LogP contribution in [0.15, 0.2) is 35.2 Å². The minimum absolute atomic E-state index is 0.193. The highest BCUT2D eigenvalue weighted by atomic mass is 32.2. The summed E-state index contributed by atoms with van der Waals surface area (Å²) in [4.78, 5) is 15.3. The fourth-order valence-corrected chi connectivity index (χ4v) is 7.98. The molecule has 3 aromatic rings. The molecule has 0 saturated carbocycles. The zero-order chi connectivity index (χ0) is 18.8. The fourth-order valence-electron chi connectivity index (χ4n) is 4.84. The number of nitrogens with one attached hydrogen (secondary N) is 1. The lowest BCUT2D eigenvalue weighted by Crippen LogP contribution is -2.31. The smallest absolute Gasteiger partial charge is 0.250 e. The summed E-state index contributed by atoms with van der Waals surface area (Å²) in [6.45, 7) is 0. The second-order valence-electron chi connectivity index (χ2n) is 7.65. The van der Waals surface area contributed by atoms with Gasteiger partial charge in [0.25, 0.3) is 5.91 Å². The van der Waals surface area contributed by atoms with Crippen LogP contribution in [-0.2, 0) is 9.84 Å². The number of aromatic nitrogens is 1. The minimum Gasteiger partial charge on any atom is -0.366 e. The number of carbonyl (C=O) groups is 1. The number of primary amides is 1. The van der Waals surface area contributed by atoms with E-state index in [9.17, 15) is 13.2 Å². The van der Waals surface area contributed by atoms with Gasteiger partial charge in [0.15, 0.2) is 9.84 Å². The van der Waals surface area contributed by atoms with Crippen molar-refractivity contribution in [3.63, 3.8) is 0 Å². The lowest BCUT2D eigenvalue weighted by molar-refractivity contribution is 0.100. The highest BCUT2D eigenvalue weighted by Crippen LogP contribution is 2.47. The summed E-state index contributed by atoms with van der Waals surface area (Å²) >= 11 is 1.61. The van der Waals surface area contributed by atoms with Gasteiger partial charge in [0, 0.05) is 11.6 Å². The largest absolute Gasteiger partial charge is 0.366 e. The SMILES string of the molecule is NC(=O)c1cc(-c2ccsc2)cc2c([C@H]3C[C@H]4CC[C@@H](C3)S4(=O)=O)c[nH]c12. The highest BCUT2D eigenvalue weighted by molar-refractivity contribution is 7.93. The van der Waals surface area contributed by atoms with Crippen molar-refractivity contribution in [3.05, 3.63) is 46.3 Å². The Bertz CT molecular complexity index is 1130. The second kappa shape index (κ2) is 5.94. The first kappa shape index (κ1) is 17.0. The molecule has 2 aliphatic heterocycles. The van der Waals surface area contributed by atoms with E-state index in [0.29, 0.717) is 18.4 Å². The van der Waals surface area contributed by atoms with E-state index >= 15 is 0 Å². The molecule has 3 N–H and O–H groups in total. The number of benzene rings is 1. The highest BCUT2D eigenvalue weighted by Gasteiger charge is 2.47. The number of sulfone groups is 1. The molecule has 2 aliphatic rings. The van der Waals surface area contributed by atoms with Gasteiger partial charge in [0.2, 0.25) is 0 Å². The molecule has 1 amide bonds. The van der Waals surface area contributed by atoms with E-state index in [-0.39, 0.29) is 16.4 Å². The third-order valence-electron chi connectivity index (χ3n) is 6.22. The Morgan fingerprint density at radius 2 is 1.89 bits per heavy atom. The molecule has 2 aromatic heterocycles. The maximum absolute atomic E-state index is 12.4. The number of H-pyrrole nitrogens is 1. The van der Waals surface area contributed by atoms with Crippen molar-refractivity contribution in [2.45, 2.75) is 42.1 Å². The second-order valence-corrected chi connectivity index (χ2v) is 10.9. The van der Waals surface area contributed by atoms with Gasteiger partial charge < -0.3 is 10.7 Å². The quantitative estimate of drug-likeness (QED) is 0.700. The first-order valence-electron chi connectivity index (χ1n) is 9.15. The van der Waals surface area contributed by atoms with Crippen LogP contribution in [0.2, 0.25) is 0 Å². The van der Waals surface area contributed by atoms with Crippen LogP contribution in [0.1, 0.15) is 47.5 Å². The molecule has 3 atom stereocenters. The maximum atomic E-state index is 12.4. The number of fused-ring (bicyclic) bond motifs is 3. The molecule has 1 aromatic carbocycles. The van der Waals surface area contributed by atoms with Gasteiger partial charge in [-0.25, -0.2) is 8.42 Å². The molecule has 27 heavy (non-hydrogen) atoms. The number of rotatable bonds is 3. The van der Waals surface area contributed by atoms with E-state index < -0.39 is 15.7 Å². The van der Waals surface area contributed by atoms with Crippen LogP contribution < -0.4 is 5.73 Å². The van der Waals surface area contributed by atoms with Gasteiger partial charge in [-0.15, -0.1) is 0 Å². The minimum atomic E-state index is -2.95. The predicted molar refractivity (Wildman–Crippen MR) is 108 cm³/mol. The van der Waals surface area contributed by atoms with E-state index in [0.717, 1.165) is 40.4 Å². The van der Waals surface area contributed by atoms with Crippen molar-refractivity contribution in [2.24, 2.45) is 5.73 Å². The summed E-state index contributed by atoms with van der Waals surface area (Å²) in [5, 5.41) is 4.59. The van der Waals surface area contributed by atoms with Crippen LogP contribution in [0, 0.1) is 0 Å². The van der Waals surface area contributed by atoms with E-state index in [1.165, 1.54) is 0 Å². The Hall–Kier alpha value is -2.12. The number of hydrogen-bond acceptors (Lipinski definition) is 4. The zero-order valence-corrected chi connectivity index (χ0v) is 16.3. The molecule has 0 aliphatic carbocycles. The number of carbonyl (C=O) groups excluding carboxylic acids is 1. The number of hydrogen-bond donors (Lipinski definition) is 2. The molecule has 5 rings (SSSR count). The van der Waals surface area contributed by atoms with Crippen molar-refractivity contribution < 1.29 is 13.2 Å². The van der Waals surface area contributed by atoms with Crippen LogP contribution in [0.3, 0.4) is 0 Å². The Kier molecular flexibility index (Phi) is 3.74. The Morgan fingerprint density at radius 1 is 1.15 bits per heavy atom. The van der Waals surface area contributed by atoms with Crippen LogP contribution in [0.4, 0.5) is 0 Å². The average molecular weight is 401 g/mol. The summed E-state index contributed by atoms with van der Waals surface area (Å²) in [7, 11) is -2.95. The number of nitrogens with two attached hydrogens (primary N) is 1. The third-order valence-corrected chi connectivity index (χ3v) is 9.61. The van der Waals surface area contributed by atoms with Crippen molar-refractivity contribution in [2.75, 3.05) is 0 Å². The summed E-state index contributed by atoms with van der Waals surface area (Å²) in [5.41, 5.74) is 10.00. The Labute approximate surface area is 161 Å². The molecule has 0 unspecified atom stereocenters. The van der Waals surface area contributed by atoms with E-state index in [4.69, 9.17) is 5.73 Å². The number of aromatic amines is 1. The molecule has 7 heteroatoms. The van der Waals surface area contributed by atoms with Crippen molar-refractivity contribution >= 4 is 38.0 Å². The normalized spacial score (nSPS) is 26.4. The van der Waals surface area contributed by atoms with Gasteiger partial charge in [-0.1, -0.05) is 0 Å². The fraction of sp³-hybridized carbons (Fsp3) is 0.350. The summed E-state index contributed by atoms with van der Waals surface area (Å²) < 4.78 is 24.9. The first-order chi connectivity index (χ1) is 12.9. The molecular weight excluding hydrogens is 380 g/mol. The van der Waals surface area contributed by atoms with Gasteiger partial charge >= 0.3 is 0 Å². The van der Waals surface area contributed by atoms with Gasteiger partial charge in [-0.3, -0.25) is 4.79 Å². The lowest BCUT2D eigenvalue weighted by atomic mass is 9.89. The van der Waals surface area contributed by atoms with Gasteiger partial charge in [-0.05, 0) is 77.3 Å². The maximum Gasteiger partial charge on any atom is 0.250 e. The van der Waals surface area contributed by atoms with Gasteiger partial charge in [0.1, 0.15) is 0 Å². The standard InChI is InChI=1S/C20H20N2O3S2/c21-20(23)17-8-12(11-3-4-26-10-11)7-16-18(9-22-19(16)17)13-5-14-1-2-15(6-13)27(14,24)25/h3-4,7-10,13-15,22H,1-2,5-6H2,(H2,21,23)/t13-,14+,15-. The molecule has 2 saturated heterocycles. The topological polar surface area (TPSA) is 93.0 Å². The van der Waals surface area contributed by atoms with Crippen LogP contribution in [0.5, 0.6) is 0 Å². The summed E-state index contributed by atoms with van der Waals surface area (Å²) in [6, 6.07) is 5.96. The monoisotopic (exact) mass is 400 g/mol. The molecular formula is C20H20N2O3S2. The van der Waals surface area contributed by atoms with E-state index in [1.54, 1.807) is 11.3 Å². The molecule has 2 fully saturated rings.